The molecule has 20 heavy (non-hydrogen) atoms. The second kappa shape index (κ2) is 5.57. The fourth-order valence-electron chi connectivity index (χ4n) is 1.93. The lowest BCUT2D eigenvalue weighted by molar-refractivity contribution is 0.101. The van der Waals surface area contributed by atoms with Gasteiger partial charge in [-0.25, -0.2) is 0 Å². The highest BCUT2D eigenvalue weighted by molar-refractivity contribution is 6.10. The summed E-state index contributed by atoms with van der Waals surface area (Å²) in [7, 11) is 0. The van der Waals surface area contributed by atoms with Gasteiger partial charge < -0.3 is 10.4 Å². The number of rotatable bonds is 3. The number of hydrogen-bond donors (Lipinski definition) is 2. The van der Waals surface area contributed by atoms with Crippen LogP contribution in [0, 0.1) is 6.92 Å². The van der Waals surface area contributed by atoms with Gasteiger partial charge in [0.15, 0.2) is 5.78 Å². The topological polar surface area (TPSA) is 66.4 Å². The minimum absolute atomic E-state index is 0.0506. The fourth-order valence-corrected chi connectivity index (χ4v) is 1.93. The molecule has 2 aromatic rings. The van der Waals surface area contributed by atoms with Gasteiger partial charge in [0.25, 0.3) is 5.91 Å². The van der Waals surface area contributed by atoms with E-state index in [-0.39, 0.29) is 17.1 Å². The molecule has 1 amide bonds. The van der Waals surface area contributed by atoms with Gasteiger partial charge in [-0.15, -0.1) is 0 Å². The summed E-state index contributed by atoms with van der Waals surface area (Å²) < 4.78 is 0. The molecular weight excluding hydrogens is 254 g/mol. The number of amides is 1. The lowest BCUT2D eigenvalue weighted by Crippen LogP contribution is -2.14. The van der Waals surface area contributed by atoms with Crippen molar-refractivity contribution in [2.24, 2.45) is 0 Å². The van der Waals surface area contributed by atoms with Crippen LogP contribution in [0.15, 0.2) is 42.5 Å². The van der Waals surface area contributed by atoms with E-state index in [1.807, 2.05) is 0 Å². The average molecular weight is 269 g/mol. The molecule has 0 aliphatic heterocycles. The van der Waals surface area contributed by atoms with E-state index in [2.05, 4.69) is 5.32 Å². The molecule has 0 radical (unpaired) electrons. The number of phenolic OH excluding ortho intramolecular Hbond substituents is 1. The Morgan fingerprint density at radius 1 is 1.00 bits per heavy atom. The van der Waals surface area contributed by atoms with Crippen molar-refractivity contribution in [1.29, 1.82) is 0 Å². The van der Waals surface area contributed by atoms with Crippen LogP contribution in [-0.2, 0) is 0 Å². The Morgan fingerprint density at radius 2 is 1.65 bits per heavy atom. The van der Waals surface area contributed by atoms with Gasteiger partial charge in [0.05, 0.1) is 11.3 Å². The molecule has 0 saturated carbocycles. The third-order valence-corrected chi connectivity index (χ3v) is 3.04. The van der Waals surface area contributed by atoms with E-state index in [9.17, 15) is 14.7 Å². The van der Waals surface area contributed by atoms with Crippen molar-refractivity contribution < 1.29 is 14.7 Å². The van der Waals surface area contributed by atoms with Crippen LogP contribution in [0.1, 0.15) is 33.2 Å². The fraction of sp³-hybridized carbons (Fsp3) is 0.125. The number of hydrogen-bond acceptors (Lipinski definition) is 3. The van der Waals surface area contributed by atoms with Gasteiger partial charge in [0.2, 0.25) is 0 Å². The zero-order valence-electron chi connectivity index (χ0n) is 11.3. The number of nitrogens with one attached hydrogen (secondary N) is 1. The van der Waals surface area contributed by atoms with Gasteiger partial charge in [0, 0.05) is 5.56 Å². The molecular formula is C16H15NO3. The summed E-state index contributed by atoms with van der Waals surface area (Å²) >= 11 is 0. The summed E-state index contributed by atoms with van der Waals surface area (Å²) in [5.74, 6) is -0.625. The Balaban J connectivity index is 2.33. The van der Waals surface area contributed by atoms with E-state index in [0.717, 1.165) is 0 Å². The summed E-state index contributed by atoms with van der Waals surface area (Å²) in [6.45, 7) is 3.16. The molecule has 102 valence electrons. The Morgan fingerprint density at radius 3 is 2.35 bits per heavy atom. The van der Waals surface area contributed by atoms with Crippen molar-refractivity contribution in [1.82, 2.24) is 0 Å². The predicted molar refractivity (Wildman–Crippen MR) is 77.2 cm³/mol. The van der Waals surface area contributed by atoms with E-state index < -0.39 is 5.91 Å². The molecule has 0 aliphatic carbocycles. The van der Waals surface area contributed by atoms with Crippen molar-refractivity contribution in [3.8, 4) is 5.75 Å². The van der Waals surface area contributed by atoms with Gasteiger partial charge >= 0.3 is 0 Å². The van der Waals surface area contributed by atoms with Crippen molar-refractivity contribution in [2.45, 2.75) is 13.8 Å². The maximum Gasteiger partial charge on any atom is 0.259 e. The molecule has 0 bridgehead atoms. The van der Waals surface area contributed by atoms with Crippen LogP contribution in [0.4, 0.5) is 5.69 Å². The van der Waals surface area contributed by atoms with Crippen LogP contribution in [0.25, 0.3) is 0 Å². The monoisotopic (exact) mass is 269 g/mol. The zero-order valence-corrected chi connectivity index (χ0v) is 11.3. The minimum Gasteiger partial charge on any atom is -0.507 e. The van der Waals surface area contributed by atoms with Crippen molar-refractivity contribution >= 4 is 17.4 Å². The van der Waals surface area contributed by atoms with E-state index in [4.69, 9.17) is 0 Å². The van der Waals surface area contributed by atoms with Crippen LogP contribution in [0.5, 0.6) is 5.75 Å². The Kier molecular flexibility index (Phi) is 3.84. The van der Waals surface area contributed by atoms with Crippen LogP contribution >= 0.6 is 0 Å². The van der Waals surface area contributed by atoms with E-state index >= 15 is 0 Å². The molecule has 2 aromatic carbocycles. The number of aryl methyl sites for hydroxylation is 1. The zero-order chi connectivity index (χ0) is 14.7. The third kappa shape index (κ3) is 2.69. The minimum atomic E-state index is -0.445. The lowest BCUT2D eigenvalue weighted by Gasteiger charge is -2.10. The van der Waals surface area contributed by atoms with Crippen LogP contribution in [0.3, 0.4) is 0 Å². The molecule has 0 saturated heterocycles. The maximum absolute atomic E-state index is 12.2. The molecule has 0 aliphatic rings. The van der Waals surface area contributed by atoms with E-state index in [1.165, 1.54) is 13.0 Å². The summed E-state index contributed by atoms with van der Waals surface area (Å²) in [4.78, 5) is 23.7. The second-order valence-electron chi connectivity index (χ2n) is 4.53. The van der Waals surface area contributed by atoms with Crippen LogP contribution in [0.2, 0.25) is 0 Å². The normalized spacial score (nSPS) is 10.1. The molecule has 2 rings (SSSR count). The van der Waals surface area contributed by atoms with E-state index in [0.29, 0.717) is 16.8 Å². The molecule has 0 fully saturated rings. The van der Waals surface area contributed by atoms with Crippen LogP contribution < -0.4 is 5.32 Å². The summed E-state index contributed by atoms with van der Waals surface area (Å²) in [5.41, 5.74) is 1.68. The summed E-state index contributed by atoms with van der Waals surface area (Å²) in [6, 6.07) is 11.7. The van der Waals surface area contributed by atoms with Gasteiger partial charge in [-0.05, 0) is 37.6 Å². The van der Waals surface area contributed by atoms with E-state index in [1.54, 1.807) is 43.3 Å². The number of anilines is 1. The first kappa shape index (κ1) is 13.8. The standard InChI is InChI=1S/C16H15NO3/c1-10-6-5-8-13(15(10)19)16(20)17-14-9-4-3-7-12(14)11(2)18/h3-9,19H,1-2H3,(H,17,20). The molecule has 0 aromatic heterocycles. The lowest BCUT2D eigenvalue weighted by atomic mass is 10.1. The number of ketones is 1. The number of para-hydroxylation sites is 2. The first-order valence-corrected chi connectivity index (χ1v) is 6.20. The third-order valence-electron chi connectivity index (χ3n) is 3.04. The van der Waals surface area contributed by atoms with Gasteiger partial charge in [-0.3, -0.25) is 9.59 Å². The number of aromatic hydroxyl groups is 1. The first-order valence-electron chi connectivity index (χ1n) is 6.20. The largest absolute Gasteiger partial charge is 0.507 e. The van der Waals surface area contributed by atoms with Gasteiger partial charge in [-0.1, -0.05) is 24.3 Å². The highest BCUT2D eigenvalue weighted by Gasteiger charge is 2.15. The summed E-state index contributed by atoms with van der Waals surface area (Å²) in [5, 5.41) is 12.6. The van der Waals surface area contributed by atoms with Crippen molar-refractivity contribution in [2.75, 3.05) is 5.32 Å². The van der Waals surface area contributed by atoms with Gasteiger partial charge in [0.1, 0.15) is 5.75 Å². The number of Topliss-reactive ketones (excluding diaryl/α,β-unsaturated/α-hetero) is 1. The summed E-state index contributed by atoms with van der Waals surface area (Å²) in [6.07, 6.45) is 0. The predicted octanol–water partition coefficient (Wildman–Crippen LogP) is 3.16. The Bertz CT molecular complexity index is 677. The quantitative estimate of drug-likeness (QED) is 0.841. The molecule has 0 atom stereocenters. The highest BCUT2D eigenvalue weighted by Crippen LogP contribution is 2.23. The molecule has 4 heteroatoms. The molecule has 2 N–H and O–H groups in total. The number of carbonyl (C=O) groups is 2. The Hall–Kier alpha value is -2.62. The SMILES string of the molecule is CC(=O)c1ccccc1NC(=O)c1cccc(C)c1O. The molecule has 0 unspecified atom stereocenters. The van der Waals surface area contributed by atoms with Crippen molar-refractivity contribution in [3.05, 3.63) is 59.2 Å². The van der Waals surface area contributed by atoms with Crippen LogP contribution in [-0.4, -0.2) is 16.8 Å². The smallest absolute Gasteiger partial charge is 0.259 e. The van der Waals surface area contributed by atoms with Gasteiger partial charge in [-0.2, -0.15) is 0 Å². The molecule has 4 nitrogen and oxygen atoms in total. The molecule has 0 heterocycles. The second-order valence-corrected chi connectivity index (χ2v) is 4.53. The highest BCUT2D eigenvalue weighted by atomic mass is 16.3. The van der Waals surface area contributed by atoms with Crippen molar-refractivity contribution in [3.63, 3.8) is 0 Å². The molecule has 0 spiro atoms. The Labute approximate surface area is 117 Å². The number of carbonyl (C=O) groups excluding carboxylic acids is 2. The number of benzene rings is 2. The average Bonchev–Trinajstić information content (AvgIpc) is 2.42. The number of phenols is 1. The maximum atomic E-state index is 12.2. The first-order chi connectivity index (χ1) is 9.50.